The van der Waals surface area contributed by atoms with E-state index in [0.29, 0.717) is 22.8 Å². The standard InChI is InChI=1S/C33H30N10O9S/c1-47-23-8-4-5-9-25(23)52-28-31(41-53(45,46)21-11-12-24(48-2)26(19-21)49-3)37-29(20-13-15-34-22(18-20)30-39-42-43-40-30)38-32(28)50-16-17-51-33(44)36-27-10-6-7-14-35-27/h4-15,18-19H,16-17H2,1-3H3,(H,35,36,44)(H,37,38,41)(H,39,40,42,43). The van der Waals surface area contributed by atoms with E-state index in [1.807, 2.05) is 0 Å². The Bertz CT molecular complexity index is 2300. The van der Waals surface area contributed by atoms with Crippen LogP contribution in [0.1, 0.15) is 0 Å². The maximum atomic E-state index is 14.0. The SMILES string of the molecule is COc1ccc(S(=O)(=O)Nc2nc(-c3ccnc(-c4nn[nH]n4)c3)nc(OCCOC(=O)Nc3ccccn3)c2Oc2ccccc2OC)cc1OC. The van der Waals surface area contributed by atoms with Crippen LogP contribution in [0.4, 0.5) is 16.4 Å². The fourth-order valence-corrected chi connectivity index (χ4v) is 5.63. The number of anilines is 2. The number of hydrogen-bond acceptors (Lipinski definition) is 16. The Morgan fingerprint density at radius 2 is 1.57 bits per heavy atom. The molecule has 0 atom stereocenters. The van der Waals surface area contributed by atoms with Gasteiger partial charge in [-0.25, -0.2) is 23.2 Å². The molecule has 4 heterocycles. The molecule has 272 valence electrons. The Labute approximate surface area is 301 Å². The fraction of sp³-hybridized carbons (Fsp3) is 0.152. The van der Waals surface area contributed by atoms with E-state index in [4.69, 9.17) is 28.4 Å². The van der Waals surface area contributed by atoms with E-state index in [2.05, 4.69) is 50.6 Å². The predicted octanol–water partition coefficient (Wildman–Crippen LogP) is 4.36. The normalized spacial score (nSPS) is 10.9. The number of carbonyl (C=O) groups excluding carboxylic acids is 1. The lowest BCUT2D eigenvalue weighted by Crippen LogP contribution is -2.19. The molecule has 20 heteroatoms. The highest BCUT2D eigenvalue weighted by molar-refractivity contribution is 7.92. The summed E-state index contributed by atoms with van der Waals surface area (Å²) in [6.45, 7) is -0.503. The lowest BCUT2D eigenvalue weighted by molar-refractivity contribution is 0.135. The molecule has 3 N–H and O–H groups in total. The van der Waals surface area contributed by atoms with E-state index in [1.165, 1.54) is 51.9 Å². The van der Waals surface area contributed by atoms with Gasteiger partial charge in [0.15, 0.2) is 34.6 Å². The minimum Gasteiger partial charge on any atom is -0.493 e. The fourth-order valence-electron chi connectivity index (χ4n) is 4.61. The van der Waals surface area contributed by atoms with Crippen molar-refractivity contribution in [1.29, 1.82) is 0 Å². The van der Waals surface area contributed by atoms with Gasteiger partial charge in [-0.05, 0) is 53.7 Å². The van der Waals surface area contributed by atoms with Crippen LogP contribution in [0.2, 0.25) is 0 Å². The summed E-state index contributed by atoms with van der Waals surface area (Å²) >= 11 is 0. The summed E-state index contributed by atoms with van der Waals surface area (Å²) < 4.78 is 64.0. The average Bonchev–Trinajstić information content (AvgIpc) is 3.73. The number of H-pyrrole nitrogens is 1. The maximum absolute atomic E-state index is 14.0. The highest BCUT2D eigenvalue weighted by atomic mass is 32.2. The molecule has 0 radical (unpaired) electrons. The third-order valence-electron chi connectivity index (χ3n) is 7.05. The smallest absolute Gasteiger partial charge is 0.412 e. The van der Waals surface area contributed by atoms with Crippen molar-refractivity contribution in [3.8, 4) is 57.5 Å². The molecular weight excluding hydrogens is 712 g/mol. The number of nitrogens with zero attached hydrogens (tertiary/aromatic N) is 7. The van der Waals surface area contributed by atoms with Crippen LogP contribution in [0.5, 0.6) is 34.6 Å². The van der Waals surface area contributed by atoms with Crippen LogP contribution in [-0.4, -0.2) is 89.6 Å². The number of pyridine rings is 2. The molecule has 6 rings (SSSR count). The number of tetrazole rings is 1. The molecule has 0 aliphatic heterocycles. The van der Waals surface area contributed by atoms with E-state index < -0.39 is 16.1 Å². The zero-order valence-corrected chi connectivity index (χ0v) is 29.0. The van der Waals surface area contributed by atoms with Gasteiger partial charge < -0.3 is 28.4 Å². The summed E-state index contributed by atoms with van der Waals surface area (Å²) in [4.78, 5) is 29.7. The molecule has 53 heavy (non-hydrogen) atoms. The monoisotopic (exact) mass is 742 g/mol. The quantitative estimate of drug-likeness (QED) is 0.124. The van der Waals surface area contributed by atoms with E-state index in [-0.39, 0.29) is 64.5 Å². The van der Waals surface area contributed by atoms with Gasteiger partial charge in [-0.2, -0.15) is 10.2 Å². The lowest BCUT2D eigenvalue weighted by atomic mass is 10.2. The number of benzene rings is 2. The van der Waals surface area contributed by atoms with Gasteiger partial charge in [0.05, 0.1) is 26.2 Å². The number of rotatable bonds is 15. The van der Waals surface area contributed by atoms with Crippen molar-refractivity contribution in [3.63, 3.8) is 0 Å². The minimum atomic E-state index is -4.40. The number of para-hydroxylation sites is 2. The summed E-state index contributed by atoms with van der Waals surface area (Å²) in [5, 5.41) is 16.4. The number of nitrogens with one attached hydrogen (secondary N) is 3. The lowest BCUT2D eigenvalue weighted by Gasteiger charge is -2.18. The molecule has 0 spiro atoms. The van der Waals surface area contributed by atoms with E-state index in [9.17, 15) is 13.2 Å². The Morgan fingerprint density at radius 3 is 2.30 bits per heavy atom. The summed E-state index contributed by atoms with van der Waals surface area (Å²) in [6, 6.07) is 18.9. The van der Waals surface area contributed by atoms with Crippen molar-refractivity contribution in [3.05, 3.63) is 85.2 Å². The minimum absolute atomic E-state index is 0.0154. The van der Waals surface area contributed by atoms with Crippen LogP contribution in [0, 0.1) is 0 Å². The summed E-state index contributed by atoms with van der Waals surface area (Å²) in [7, 11) is -0.148. The number of aromatic amines is 1. The number of sulfonamides is 1. The molecule has 0 fully saturated rings. The second-order valence-electron chi connectivity index (χ2n) is 10.4. The first-order valence-corrected chi connectivity index (χ1v) is 16.9. The van der Waals surface area contributed by atoms with Gasteiger partial charge in [-0.3, -0.25) is 15.0 Å². The van der Waals surface area contributed by atoms with Gasteiger partial charge in [0.25, 0.3) is 15.9 Å². The van der Waals surface area contributed by atoms with Gasteiger partial charge >= 0.3 is 6.09 Å². The number of methoxy groups -OCH3 is 3. The first-order chi connectivity index (χ1) is 25.8. The highest BCUT2D eigenvalue weighted by Crippen LogP contribution is 2.42. The van der Waals surface area contributed by atoms with Crippen molar-refractivity contribution in [2.45, 2.75) is 4.90 Å². The molecule has 0 bridgehead atoms. The Kier molecular flexibility index (Phi) is 11.0. The molecule has 4 aromatic heterocycles. The van der Waals surface area contributed by atoms with E-state index >= 15 is 0 Å². The van der Waals surface area contributed by atoms with Gasteiger partial charge in [-0.1, -0.05) is 18.2 Å². The number of hydrogen-bond donors (Lipinski definition) is 3. The largest absolute Gasteiger partial charge is 0.493 e. The molecule has 0 saturated carbocycles. The third kappa shape index (κ3) is 8.63. The topological polar surface area (TPSA) is 237 Å². The number of amides is 1. The maximum Gasteiger partial charge on any atom is 0.412 e. The second kappa shape index (κ2) is 16.3. The zero-order valence-electron chi connectivity index (χ0n) is 28.2. The molecule has 0 aliphatic carbocycles. The van der Waals surface area contributed by atoms with Gasteiger partial charge in [0.1, 0.15) is 24.7 Å². The average molecular weight is 743 g/mol. The van der Waals surface area contributed by atoms with Gasteiger partial charge in [0, 0.05) is 24.0 Å². The van der Waals surface area contributed by atoms with Crippen LogP contribution in [0.3, 0.4) is 0 Å². The predicted molar refractivity (Wildman–Crippen MR) is 187 cm³/mol. The molecule has 0 unspecified atom stereocenters. The molecule has 2 aromatic carbocycles. The summed E-state index contributed by atoms with van der Waals surface area (Å²) in [5.41, 5.74) is 0.683. The second-order valence-corrected chi connectivity index (χ2v) is 12.1. The molecular formula is C33H30N10O9S. The molecule has 0 saturated heterocycles. The van der Waals surface area contributed by atoms with Crippen LogP contribution < -0.4 is 33.7 Å². The summed E-state index contributed by atoms with van der Waals surface area (Å²) in [5.74, 6) is 0.650. The van der Waals surface area contributed by atoms with Gasteiger partial charge in [-0.15, -0.1) is 10.2 Å². The Hall–Kier alpha value is -7.09. The number of ether oxygens (including phenoxy) is 6. The first kappa shape index (κ1) is 35.7. The van der Waals surface area contributed by atoms with Crippen molar-refractivity contribution in [2.24, 2.45) is 0 Å². The molecule has 6 aromatic rings. The number of carbonyl (C=O) groups is 1. The van der Waals surface area contributed by atoms with E-state index in [1.54, 1.807) is 54.6 Å². The zero-order chi connectivity index (χ0) is 37.2. The van der Waals surface area contributed by atoms with Crippen molar-refractivity contribution >= 4 is 27.8 Å². The molecule has 1 amide bonds. The molecule has 19 nitrogen and oxygen atoms in total. The van der Waals surface area contributed by atoms with Crippen LogP contribution >= 0.6 is 0 Å². The van der Waals surface area contributed by atoms with Crippen molar-refractivity contribution < 1.29 is 41.6 Å². The number of aromatic nitrogens is 8. The van der Waals surface area contributed by atoms with Crippen LogP contribution in [0.15, 0.2) is 90.1 Å². The summed E-state index contributed by atoms with van der Waals surface area (Å²) in [6.07, 6.45) is 2.20. The first-order valence-electron chi connectivity index (χ1n) is 15.4. The van der Waals surface area contributed by atoms with Crippen LogP contribution in [0.25, 0.3) is 22.9 Å². The Morgan fingerprint density at radius 1 is 0.792 bits per heavy atom. The van der Waals surface area contributed by atoms with Crippen LogP contribution in [-0.2, 0) is 14.8 Å². The van der Waals surface area contributed by atoms with Crippen molar-refractivity contribution in [1.82, 2.24) is 40.6 Å². The third-order valence-corrected chi connectivity index (χ3v) is 8.39. The van der Waals surface area contributed by atoms with Gasteiger partial charge in [0.2, 0.25) is 11.6 Å². The van der Waals surface area contributed by atoms with E-state index in [0.717, 1.165) is 0 Å². The Balaban J connectivity index is 1.41. The highest BCUT2D eigenvalue weighted by Gasteiger charge is 2.27. The molecule has 0 aliphatic rings. The van der Waals surface area contributed by atoms with Crippen molar-refractivity contribution in [2.75, 3.05) is 44.6 Å².